The zero-order chi connectivity index (χ0) is 13.3. The quantitative estimate of drug-likeness (QED) is 0.540. The first kappa shape index (κ1) is 13.5. The van der Waals surface area contributed by atoms with Crippen molar-refractivity contribution < 1.29 is 19.2 Å². The number of hydrogen-bond acceptors (Lipinski definition) is 4. The molecule has 7 heteroatoms. The minimum absolute atomic E-state index is 0.0825. The van der Waals surface area contributed by atoms with E-state index in [9.17, 15) is 14.4 Å². The second kappa shape index (κ2) is 5.35. The third-order valence-electron chi connectivity index (χ3n) is 2.35. The molecule has 0 aliphatic carbocycles. The van der Waals surface area contributed by atoms with Gasteiger partial charge in [-0.3, -0.25) is 9.59 Å². The number of benzene rings is 1. The molecule has 1 aromatic carbocycles. The standard InChI is InChI=1S/C11H7BrINO4/c12-6-2-1-3-7(13)10(6)11(17)18-14-8(15)4-5-9(14)16/h1-3H,4-5H2. The van der Waals surface area contributed by atoms with Gasteiger partial charge in [-0.15, -0.1) is 5.06 Å². The lowest BCUT2D eigenvalue weighted by Gasteiger charge is -2.13. The molecule has 1 heterocycles. The number of hydroxylamine groups is 2. The second-order valence-electron chi connectivity index (χ2n) is 3.56. The van der Waals surface area contributed by atoms with Crippen molar-refractivity contribution in [2.24, 2.45) is 0 Å². The topological polar surface area (TPSA) is 63.7 Å². The molecule has 0 N–H and O–H groups in total. The molecule has 1 aliphatic rings. The van der Waals surface area contributed by atoms with Gasteiger partial charge in [0.1, 0.15) is 0 Å². The van der Waals surface area contributed by atoms with Crippen LogP contribution in [0, 0.1) is 3.57 Å². The predicted molar refractivity (Wildman–Crippen MR) is 73.4 cm³/mol. The zero-order valence-electron chi connectivity index (χ0n) is 8.98. The molecule has 1 saturated heterocycles. The van der Waals surface area contributed by atoms with Crippen molar-refractivity contribution >= 4 is 56.3 Å². The zero-order valence-corrected chi connectivity index (χ0v) is 12.7. The highest BCUT2D eigenvalue weighted by atomic mass is 127. The molecule has 2 rings (SSSR count). The van der Waals surface area contributed by atoms with Crippen molar-refractivity contribution in [3.63, 3.8) is 0 Å². The summed E-state index contributed by atoms with van der Waals surface area (Å²) < 4.78 is 1.23. The van der Waals surface area contributed by atoms with Crippen LogP contribution in [0.25, 0.3) is 0 Å². The fraction of sp³-hybridized carbons (Fsp3) is 0.182. The third-order valence-corrected chi connectivity index (χ3v) is 3.91. The number of carbonyl (C=O) groups excluding carboxylic acids is 3. The first-order valence-corrected chi connectivity index (χ1v) is 6.90. The largest absolute Gasteiger partial charge is 0.366 e. The number of imide groups is 1. The van der Waals surface area contributed by atoms with Gasteiger partial charge < -0.3 is 4.84 Å². The van der Waals surface area contributed by atoms with E-state index in [2.05, 4.69) is 15.9 Å². The molecular weight excluding hydrogens is 417 g/mol. The first-order chi connectivity index (χ1) is 8.50. The molecule has 1 aromatic rings. The van der Waals surface area contributed by atoms with Crippen molar-refractivity contribution in [3.05, 3.63) is 31.8 Å². The molecule has 0 saturated carbocycles. The molecular formula is C11H7BrINO4. The Morgan fingerprint density at radius 1 is 1.28 bits per heavy atom. The maximum absolute atomic E-state index is 11.9. The molecule has 0 bridgehead atoms. The number of rotatable bonds is 2. The van der Waals surface area contributed by atoms with Crippen molar-refractivity contribution in [1.82, 2.24) is 5.06 Å². The Bertz CT molecular complexity index is 510. The number of nitrogens with zero attached hydrogens (tertiary/aromatic N) is 1. The molecule has 1 aliphatic heterocycles. The normalized spacial score (nSPS) is 15.1. The number of amides is 2. The Morgan fingerprint density at radius 3 is 2.44 bits per heavy atom. The molecule has 0 aromatic heterocycles. The minimum atomic E-state index is -0.726. The van der Waals surface area contributed by atoms with Crippen LogP contribution in [0.4, 0.5) is 0 Å². The Morgan fingerprint density at radius 2 is 1.89 bits per heavy atom. The molecule has 0 unspecified atom stereocenters. The summed E-state index contributed by atoms with van der Waals surface area (Å²) >= 11 is 5.21. The van der Waals surface area contributed by atoms with Gasteiger partial charge in [-0.05, 0) is 50.7 Å². The summed E-state index contributed by atoms with van der Waals surface area (Å²) in [5.41, 5.74) is 0.297. The maximum Gasteiger partial charge on any atom is 0.366 e. The van der Waals surface area contributed by atoms with Gasteiger partial charge in [0.05, 0.1) is 5.56 Å². The summed E-state index contributed by atoms with van der Waals surface area (Å²) in [5.74, 6) is -1.71. The molecule has 94 valence electrons. The van der Waals surface area contributed by atoms with Crippen LogP contribution in [0.15, 0.2) is 22.7 Å². The van der Waals surface area contributed by atoms with Gasteiger partial charge in [-0.2, -0.15) is 0 Å². The van der Waals surface area contributed by atoms with Crippen molar-refractivity contribution in [1.29, 1.82) is 0 Å². The molecule has 0 spiro atoms. The summed E-state index contributed by atoms with van der Waals surface area (Å²) in [5, 5.41) is 0.540. The molecule has 1 fully saturated rings. The number of hydrogen-bond donors (Lipinski definition) is 0. The van der Waals surface area contributed by atoms with Gasteiger partial charge in [0.25, 0.3) is 11.8 Å². The fourth-order valence-corrected chi connectivity index (χ4v) is 3.10. The van der Waals surface area contributed by atoms with Crippen molar-refractivity contribution in [2.45, 2.75) is 12.8 Å². The lowest BCUT2D eigenvalue weighted by Crippen LogP contribution is -2.32. The van der Waals surface area contributed by atoms with Gasteiger partial charge in [-0.25, -0.2) is 4.79 Å². The molecule has 5 nitrogen and oxygen atoms in total. The van der Waals surface area contributed by atoms with E-state index < -0.39 is 17.8 Å². The summed E-state index contributed by atoms with van der Waals surface area (Å²) in [4.78, 5) is 39.4. The summed E-state index contributed by atoms with van der Waals surface area (Å²) in [6.45, 7) is 0. The minimum Gasteiger partial charge on any atom is -0.325 e. The average Bonchev–Trinajstić information content (AvgIpc) is 2.60. The van der Waals surface area contributed by atoms with Gasteiger partial charge in [0, 0.05) is 20.9 Å². The van der Waals surface area contributed by atoms with Gasteiger partial charge >= 0.3 is 5.97 Å². The van der Waals surface area contributed by atoms with Crippen LogP contribution in [0.2, 0.25) is 0 Å². The van der Waals surface area contributed by atoms with E-state index in [1.807, 2.05) is 22.6 Å². The monoisotopic (exact) mass is 423 g/mol. The van der Waals surface area contributed by atoms with Crippen LogP contribution in [-0.4, -0.2) is 22.8 Å². The van der Waals surface area contributed by atoms with E-state index in [1.54, 1.807) is 18.2 Å². The molecule has 0 atom stereocenters. The molecule has 2 amide bonds. The summed E-state index contributed by atoms with van der Waals surface area (Å²) in [7, 11) is 0. The smallest absolute Gasteiger partial charge is 0.325 e. The van der Waals surface area contributed by atoms with Crippen LogP contribution in [-0.2, 0) is 14.4 Å². The van der Waals surface area contributed by atoms with Crippen LogP contribution in [0.5, 0.6) is 0 Å². The Hall–Kier alpha value is -0.960. The molecule has 0 radical (unpaired) electrons. The van der Waals surface area contributed by atoms with E-state index in [0.717, 1.165) is 0 Å². The fourth-order valence-electron chi connectivity index (χ4n) is 1.48. The van der Waals surface area contributed by atoms with E-state index >= 15 is 0 Å². The Kier molecular flexibility index (Phi) is 4.00. The van der Waals surface area contributed by atoms with Gasteiger partial charge in [-0.1, -0.05) is 6.07 Å². The van der Waals surface area contributed by atoms with Gasteiger partial charge in [0.15, 0.2) is 0 Å². The van der Waals surface area contributed by atoms with Crippen LogP contribution < -0.4 is 0 Å². The first-order valence-electron chi connectivity index (χ1n) is 5.03. The highest BCUT2D eigenvalue weighted by Crippen LogP contribution is 2.24. The molecule has 18 heavy (non-hydrogen) atoms. The van der Waals surface area contributed by atoms with Crippen LogP contribution >= 0.6 is 38.5 Å². The van der Waals surface area contributed by atoms with Gasteiger partial charge in [0.2, 0.25) is 0 Å². The average molecular weight is 424 g/mol. The van der Waals surface area contributed by atoms with Crippen LogP contribution in [0.3, 0.4) is 0 Å². The van der Waals surface area contributed by atoms with Crippen LogP contribution in [0.1, 0.15) is 23.2 Å². The van der Waals surface area contributed by atoms with E-state index in [0.29, 0.717) is 18.7 Å². The highest BCUT2D eigenvalue weighted by molar-refractivity contribution is 14.1. The van der Waals surface area contributed by atoms with Crippen molar-refractivity contribution in [3.8, 4) is 0 Å². The predicted octanol–water partition coefficient (Wildman–Crippen LogP) is 2.27. The van der Waals surface area contributed by atoms with E-state index in [4.69, 9.17) is 4.84 Å². The van der Waals surface area contributed by atoms with Crippen molar-refractivity contribution in [2.75, 3.05) is 0 Å². The lowest BCUT2D eigenvalue weighted by atomic mass is 10.2. The number of carbonyl (C=O) groups is 3. The Labute approximate surface area is 125 Å². The highest BCUT2D eigenvalue weighted by Gasteiger charge is 2.33. The lowest BCUT2D eigenvalue weighted by molar-refractivity contribution is -0.172. The third kappa shape index (κ3) is 2.56. The van der Waals surface area contributed by atoms with E-state index in [1.165, 1.54) is 0 Å². The maximum atomic E-state index is 11.9. The summed E-state index contributed by atoms with van der Waals surface area (Å²) in [6, 6.07) is 5.19. The van der Waals surface area contributed by atoms with E-state index in [-0.39, 0.29) is 12.8 Å². The number of halogens is 2. The Balaban J connectivity index is 2.23. The summed E-state index contributed by atoms with van der Waals surface area (Å²) in [6.07, 6.45) is 0.165. The SMILES string of the molecule is O=C(ON1C(=O)CCC1=O)c1c(Br)cccc1I. The second-order valence-corrected chi connectivity index (χ2v) is 5.57.